The highest BCUT2D eigenvalue weighted by Crippen LogP contribution is 2.25. The second-order valence-electron chi connectivity index (χ2n) is 5.87. The molecule has 0 amide bonds. The summed E-state index contributed by atoms with van der Waals surface area (Å²) in [5.41, 5.74) is 0.574. The van der Waals surface area contributed by atoms with Crippen LogP contribution in [0.25, 0.3) is 0 Å². The highest BCUT2D eigenvalue weighted by atomic mass is 79.9. The lowest BCUT2D eigenvalue weighted by molar-refractivity contribution is 0.305. The first-order valence-corrected chi connectivity index (χ1v) is 11.4. The normalized spacial score (nSPS) is 11.3. The van der Waals surface area contributed by atoms with Crippen LogP contribution in [0.4, 0.5) is 5.69 Å². The second kappa shape index (κ2) is 10.2. The van der Waals surface area contributed by atoms with Crippen molar-refractivity contribution in [3.8, 4) is 5.75 Å². The van der Waals surface area contributed by atoms with E-state index in [4.69, 9.17) is 16.3 Å². The minimum absolute atomic E-state index is 0.202. The summed E-state index contributed by atoms with van der Waals surface area (Å²) in [6.45, 7) is 0.667. The maximum atomic E-state index is 12.7. The molecule has 2 aromatic carbocycles. The Kier molecular flexibility index (Phi) is 8.25. The van der Waals surface area contributed by atoms with Gasteiger partial charge in [-0.1, -0.05) is 40.4 Å². The van der Waals surface area contributed by atoms with Crippen molar-refractivity contribution < 1.29 is 13.2 Å². The van der Waals surface area contributed by atoms with Gasteiger partial charge in [0.15, 0.2) is 0 Å². The second-order valence-corrected chi connectivity index (χ2v) is 9.07. The largest absolute Gasteiger partial charge is 0.494 e. The van der Waals surface area contributed by atoms with Gasteiger partial charge in [-0.15, -0.1) is 0 Å². The number of benzene rings is 2. The lowest BCUT2D eigenvalue weighted by Crippen LogP contribution is -2.26. The number of nitrogens with zero attached hydrogens (tertiary/aromatic N) is 1. The molecule has 26 heavy (non-hydrogen) atoms. The number of halogens is 2. The monoisotopic (exact) mass is 459 g/mol. The van der Waals surface area contributed by atoms with Crippen LogP contribution in [0.5, 0.6) is 5.75 Å². The Morgan fingerprint density at radius 3 is 2.19 bits per heavy atom. The number of ether oxygens (including phenoxy) is 1. The van der Waals surface area contributed by atoms with Gasteiger partial charge in [0.05, 0.1) is 17.2 Å². The fourth-order valence-electron chi connectivity index (χ4n) is 2.40. The molecule has 0 radical (unpaired) electrons. The van der Waals surface area contributed by atoms with E-state index in [-0.39, 0.29) is 4.90 Å². The predicted octanol–water partition coefficient (Wildman–Crippen LogP) is 5.50. The van der Waals surface area contributed by atoms with E-state index in [2.05, 4.69) is 15.9 Å². The summed E-state index contributed by atoms with van der Waals surface area (Å²) in [5.74, 6) is 0.742. The SMILES string of the molecule is CN(c1ccc(OCCCCCCBr)cc1)S(=O)(=O)c1ccc(Cl)cc1. The van der Waals surface area contributed by atoms with E-state index in [1.807, 2.05) is 0 Å². The minimum atomic E-state index is -3.62. The quantitative estimate of drug-likeness (QED) is 0.347. The van der Waals surface area contributed by atoms with Crippen LogP contribution in [0.2, 0.25) is 5.02 Å². The van der Waals surface area contributed by atoms with Crippen LogP contribution in [0.1, 0.15) is 25.7 Å². The van der Waals surface area contributed by atoms with Crippen LogP contribution >= 0.6 is 27.5 Å². The van der Waals surface area contributed by atoms with Crippen molar-refractivity contribution in [2.75, 3.05) is 23.3 Å². The van der Waals surface area contributed by atoms with E-state index in [0.29, 0.717) is 17.3 Å². The molecule has 0 heterocycles. The molecule has 142 valence electrons. The Hall–Kier alpha value is -1.24. The molecule has 0 N–H and O–H groups in total. The molecular formula is C19H23BrClNO3S. The molecule has 0 unspecified atom stereocenters. The Labute approximate surface area is 169 Å². The van der Waals surface area contributed by atoms with Gasteiger partial charge in [0, 0.05) is 17.4 Å². The predicted molar refractivity (Wildman–Crippen MR) is 111 cm³/mol. The highest BCUT2D eigenvalue weighted by Gasteiger charge is 2.21. The van der Waals surface area contributed by atoms with E-state index in [1.165, 1.54) is 36.3 Å². The molecule has 0 saturated carbocycles. The van der Waals surface area contributed by atoms with Gasteiger partial charge in [0.2, 0.25) is 0 Å². The number of alkyl halides is 1. The van der Waals surface area contributed by atoms with Gasteiger partial charge in [0.25, 0.3) is 10.0 Å². The van der Waals surface area contributed by atoms with Crippen molar-refractivity contribution >= 4 is 43.2 Å². The molecule has 0 saturated heterocycles. The summed E-state index contributed by atoms with van der Waals surface area (Å²) >= 11 is 9.25. The average Bonchev–Trinajstić information content (AvgIpc) is 2.65. The summed E-state index contributed by atoms with van der Waals surface area (Å²) in [5, 5.41) is 1.54. The molecule has 7 heteroatoms. The van der Waals surface area contributed by atoms with Crippen molar-refractivity contribution in [1.29, 1.82) is 0 Å². The fourth-order valence-corrected chi connectivity index (χ4v) is 4.11. The summed E-state index contributed by atoms with van der Waals surface area (Å²) in [7, 11) is -2.09. The summed E-state index contributed by atoms with van der Waals surface area (Å²) in [6.07, 6.45) is 4.54. The lowest BCUT2D eigenvalue weighted by atomic mass is 10.2. The van der Waals surface area contributed by atoms with Crippen LogP contribution in [-0.2, 0) is 10.0 Å². The zero-order valence-electron chi connectivity index (χ0n) is 14.7. The lowest BCUT2D eigenvalue weighted by Gasteiger charge is -2.20. The van der Waals surface area contributed by atoms with Crippen LogP contribution < -0.4 is 9.04 Å². The molecule has 2 rings (SSSR count). The third kappa shape index (κ3) is 5.89. The van der Waals surface area contributed by atoms with Crippen molar-refractivity contribution in [1.82, 2.24) is 0 Å². The van der Waals surface area contributed by atoms with Gasteiger partial charge in [-0.3, -0.25) is 4.31 Å². The number of rotatable bonds is 10. The van der Waals surface area contributed by atoms with Gasteiger partial charge in [0.1, 0.15) is 5.75 Å². The first-order chi connectivity index (χ1) is 12.4. The number of sulfonamides is 1. The van der Waals surface area contributed by atoms with Crippen LogP contribution in [0.3, 0.4) is 0 Å². The molecule has 0 aromatic heterocycles. The zero-order chi connectivity index (χ0) is 19.0. The van der Waals surface area contributed by atoms with Crippen molar-refractivity contribution in [2.24, 2.45) is 0 Å². The van der Waals surface area contributed by atoms with Gasteiger partial charge in [-0.2, -0.15) is 0 Å². The number of hydrogen-bond donors (Lipinski definition) is 0. The molecule has 0 aliphatic rings. The van der Waals surface area contributed by atoms with Crippen molar-refractivity contribution in [2.45, 2.75) is 30.6 Å². The molecule has 4 nitrogen and oxygen atoms in total. The molecule has 0 spiro atoms. The molecule has 0 bridgehead atoms. The standard InChI is InChI=1S/C19H23BrClNO3S/c1-22(26(23,24)19-12-6-16(21)7-13-19)17-8-10-18(11-9-17)25-15-5-3-2-4-14-20/h6-13H,2-5,14-15H2,1H3. The van der Waals surface area contributed by atoms with Crippen LogP contribution in [0, 0.1) is 0 Å². The van der Waals surface area contributed by atoms with E-state index < -0.39 is 10.0 Å². The average molecular weight is 461 g/mol. The van der Waals surface area contributed by atoms with Crippen molar-refractivity contribution in [3.05, 3.63) is 53.6 Å². The summed E-state index contributed by atoms with van der Waals surface area (Å²) < 4.78 is 32.3. The minimum Gasteiger partial charge on any atom is -0.494 e. The third-order valence-corrected chi connectivity index (χ3v) is 6.58. The Morgan fingerprint density at radius 2 is 1.58 bits per heavy atom. The van der Waals surface area contributed by atoms with Gasteiger partial charge >= 0.3 is 0 Å². The molecule has 0 fully saturated rings. The molecule has 0 atom stereocenters. The number of anilines is 1. The van der Waals surface area contributed by atoms with Crippen LogP contribution in [0.15, 0.2) is 53.4 Å². The van der Waals surface area contributed by atoms with E-state index in [1.54, 1.807) is 36.4 Å². The summed E-state index contributed by atoms with van der Waals surface area (Å²) in [4.78, 5) is 0.202. The highest BCUT2D eigenvalue weighted by molar-refractivity contribution is 9.09. The first-order valence-electron chi connectivity index (χ1n) is 8.48. The van der Waals surface area contributed by atoms with E-state index in [9.17, 15) is 8.42 Å². The smallest absolute Gasteiger partial charge is 0.264 e. The fraction of sp³-hybridized carbons (Fsp3) is 0.368. The molecular weight excluding hydrogens is 438 g/mol. The molecule has 0 aliphatic heterocycles. The third-order valence-electron chi connectivity index (χ3n) is 3.97. The Bertz CT molecular complexity index is 779. The number of unbranched alkanes of at least 4 members (excludes halogenated alkanes) is 3. The van der Waals surface area contributed by atoms with Crippen molar-refractivity contribution in [3.63, 3.8) is 0 Å². The van der Waals surface area contributed by atoms with Gasteiger partial charge in [-0.05, 0) is 61.4 Å². The number of hydrogen-bond acceptors (Lipinski definition) is 3. The van der Waals surface area contributed by atoms with Gasteiger partial charge < -0.3 is 4.74 Å². The van der Waals surface area contributed by atoms with E-state index in [0.717, 1.165) is 23.9 Å². The maximum absolute atomic E-state index is 12.7. The molecule has 0 aliphatic carbocycles. The van der Waals surface area contributed by atoms with Gasteiger partial charge in [-0.25, -0.2) is 8.42 Å². The molecule has 2 aromatic rings. The van der Waals surface area contributed by atoms with E-state index >= 15 is 0 Å². The Morgan fingerprint density at radius 1 is 0.962 bits per heavy atom. The zero-order valence-corrected chi connectivity index (χ0v) is 17.9. The first kappa shape index (κ1) is 21.1. The topological polar surface area (TPSA) is 46.6 Å². The summed E-state index contributed by atoms with van der Waals surface area (Å²) in [6, 6.07) is 13.2. The van der Waals surface area contributed by atoms with Crippen LogP contribution in [-0.4, -0.2) is 27.4 Å². The Balaban J connectivity index is 1.95. The maximum Gasteiger partial charge on any atom is 0.264 e.